The number of carbonyl (C=O) groups excluding carboxylic acids is 2. The van der Waals surface area contributed by atoms with E-state index in [9.17, 15) is 14.7 Å². The molecule has 6 heteroatoms. The molecule has 1 heterocycles. The molecule has 25 heavy (non-hydrogen) atoms. The van der Waals surface area contributed by atoms with E-state index >= 15 is 0 Å². The first-order valence-electron chi connectivity index (χ1n) is 7.58. The van der Waals surface area contributed by atoms with Gasteiger partial charge in [-0.05, 0) is 42.0 Å². The third kappa shape index (κ3) is 3.05. The molecule has 0 saturated carbocycles. The molecule has 1 N–H and O–H groups in total. The molecule has 1 fully saturated rings. The second-order valence-corrected chi connectivity index (χ2v) is 6.61. The Morgan fingerprint density at radius 3 is 2.24 bits per heavy atom. The van der Waals surface area contributed by atoms with Crippen LogP contribution in [-0.4, -0.2) is 35.9 Å². The molecule has 1 saturated heterocycles. The summed E-state index contributed by atoms with van der Waals surface area (Å²) in [5.41, 5.74) is 1.29. The Bertz CT molecular complexity index is 856. The summed E-state index contributed by atoms with van der Waals surface area (Å²) >= 11 is 3.37. The van der Waals surface area contributed by atoms with Crippen LogP contribution in [0.4, 0.5) is 0 Å². The summed E-state index contributed by atoms with van der Waals surface area (Å²) < 4.78 is 5.99. The molecule has 3 rings (SSSR count). The van der Waals surface area contributed by atoms with E-state index < -0.39 is 17.7 Å². The van der Waals surface area contributed by atoms with Crippen molar-refractivity contribution in [3.8, 4) is 5.75 Å². The van der Waals surface area contributed by atoms with Gasteiger partial charge in [-0.1, -0.05) is 28.1 Å². The van der Waals surface area contributed by atoms with Gasteiger partial charge in [0.1, 0.15) is 11.5 Å². The van der Waals surface area contributed by atoms with Crippen LogP contribution in [0.25, 0.3) is 5.76 Å². The molecular formula is C19H16BrNO4. The van der Waals surface area contributed by atoms with Gasteiger partial charge < -0.3 is 14.7 Å². The van der Waals surface area contributed by atoms with E-state index in [1.54, 1.807) is 38.4 Å². The molecule has 0 aromatic heterocycles. The number of benzene rings is 2. The minimum absolute atomic E-state index is 0.0833. The zero-order valence-corrected chi connectivity index (χ0v) is 15.3. The molecule has 2 aromatic rings. The average Bonchev–Trinajstić information content (AvgIpc) is 2.86. The lowest BCUT2D eigenvalue weighted by molar-refractivity contribution is -0.139. The summed E-state index contributed by atoms with van der Waals surface area (Å²) in [6.07, 6.45) is 0. The maximum Gasteiger partial charge on any atom is 0.295 e. The van der Waals surface area contributed by atoms with Crippen molar-refractivity contribution in [3.63, 3.8) is 0 Å². The number of carbonyl (C=O) groups is 2. The van der Waals surface area contributed by atoms with Gasteiger partial charge in [-0.2, -0.15) is 0 Å². The Labute approximate surface area is 153 Å². The van der Waals surface area contributed by atoms with Crippen LogP contribution in [0.3, 0.4) is 0 Å². The normalized spacial score (nSPS) is 19.3. The number of ketones is 1. The molecular weight excluding hydrogens is 386 g/mol. The van der Waals surface area contributed by atoms with Crippen molar-refractivity contribution < 1.29 is 19.4 Å². The number of methoxy groups -OCH3 is 1. The predicted molar refractivity (Wildman–Crippen MR) is 97.2 cm³/mol. The van der Waals surface area contributed by atoms with Crippen LogP contribution in [0.1, 0.15) is 17.2 Å². The van der Waals surface area contributed by atoms with Crippen molar-refractivity contribution in [2.75, 3.05) is 14.2 Å². The van der Waals surface area contributed by atoms with Gasteiger partial charge in [-0.15, -0.1) is 0 Å². The zero-order chi connectivity index (χ0) is 18.1. The Morgan fingerprint density at radius 2 is 1.68 bits per heavy atom. The van der Waals surface area contributed by atoms with E-state index in [1.807, 2.05) is 24.3 Å². The Balaban J connectivity index is 2.12. The van der Waals surface area contributed by atoms with E-state index in [2.05, 4.69) is 15.9 Å². The van der Waals surface area contributed by atoms with Crippen LogP contribution in [0, 0.1) is 0 Å². The molecule has 1 amide bonds. The van der Waals surface area contributed by atoms with Crippen LogP contribution in [-0.2, 0) is 9.59 Å². The van der Waals surface area contributed by atoms with Gasteiger partial charge in [-0.25, -0.2) is 0 Å². The van der Waals surface area contributed by atoms with Crippen LogP contribution in [0.2, 0.25) is 0 Å². The Kier molecular flexibility index (Phi) is 4.63. The van der Waals surface area contributed by atoms with E-state index in [0.717, 1.165) is 10.0 Å². The summed E-state index contributed by atoms with van der Waals surface area (Å²) in [6.45, 7) is 0. The predicted octanol–water partition coefficient (Wildman–Crippen LogP) is 3.51. The number of hydrogen-bond donors (Lipinski definition) is 1. The van der Waals surface area contributed by atoms with Gasteiger partial charge in [0.05, 0.1) is 18.7 Å². The third-order valence-corrected chi connectivity index (χ3v) is 4.75. The lowest BCUT2D eigenvalue weighted by Crippen LogP contribution is -2.24. The summed E-state index contributed by atoms with van der Waals surface area (Å²) in [5, 5.41) is 10.7. The van der Waals surface area contributed by atoms with Gasteiger partial charge in [0.25, 0.3) is 11.7 Å². The molecule has 5 nitrogen and oxygen atoms in total. The topological polar surface area (TPSA) is 66.8 Å². The van der Waals surface area contributed by atoms with Gasteiger partial charge in [-0.3, -0.25) is 9.59 Å². The highest BCUT2D eigenvalue weighted by Crippen LogP contribution is 2.38. The first kappa shape index (κ1) is 17.2. The molecule has 1 aliphatic rings. The van der Waals surface area contributed by atoms with Crippen molar-refractivity contribution in [3.05, 3.63) is 69.7 Å². The van der Waals surface area contributed by atoms with Crippen molar-refractivity contribution in [1.82, 2.24) is 4.90 Å². The lowest BCUT2D eigenvalue weighted by Gasteiger charge is -2.21. The molecule has 0 radical (unpaired) electrons. The first-order chi connectivity index (χ1) is 11.9. The molecule has 0 aliphatic carbocycles. The highest BCUT2D eigenvalue weighted by atomic mass is 79.9. The van der Waals surface area contributed by atoms with Crippen LogP contribution < -0.4 is 4.74 Å². The first-order valence-corrected chi connectivity index (χ1v) is 8.38. The fraction of sp³-hybridized carbons (Fsp3) is 0.158. The number of likely N-dealkylation sites (N-methyl/N-ethyl adjacent to an activating group) is 1. The fourth-order valence-electron chi connectivity index (χ4n) is 2.89. The number of hydrogen-bond acceptors (Lipinski definition) is 4. The van der Waals surface area contributed by atoms with E-state index in [-0.39, 0.29) is 11.3 Å². The summed E-state index contributed by atoms with van der Waals surface area (Å²) in [4.78, 5) is 26.0. The monoisotopic (exact) mass is 401 g/mol. The average molecular weight is 402 g/mol. The number of aliphatic hydroxyl groups excluding tert-OH is 1. The molecule has 1 atom stereocenters. The number of halogens is 1. The summed E-state index contributed by atoms with van der Waals surface area (Å²) in [7, 11) is 3.10. The van der Waals surface area contributed by atoms with Crippen molar-refractivity contribution in [1.29, 1.82) is 0 Å². The van der Waals surface area contributed by atoms with E-state index in [0.29, 0.717) is 11.3 Å². The number of rotatable bonds is 3. The van der Waals surface area contributed by atoms with E-state index in [1.165, 1.54) is 4.90 Å². The van der Waals surface area contributed by atoms with Crippen molar-refractivity contribution in [2.24, 2.45) is 0 Å². The Morgan fingerprint density at radius 1 is 1.08 bits per heavy atom. The number of likely N-dealkylation sites (tertiary alicyclic amines) is 1. The van der Waals surface area contributed by atoms with Gasteiger partial charge in [0.2, 0.25) is 0 Å². The van der Waals surface area contributed by atoms with Crippen molar-refractivity contribution >= 4 is 33.4 Å². The molecule has 0 spiro atoms. The van der Waals surface area contributed by atoms with Crippen LogP contribution in [0.15, 0.2) is 58.6 Å². The highest BCUT2D eigenvalue weighted by molar-refractivity contribution is 9.10. The standard InChI is InChI=1S/C19H16BrNO4/c1-21-16(11-3-7-13(20)8-4-11)15(18(23)19(21)24)17(22)12-5-9-14(25-2)10-6-12/h3-10,16,22H,1-2H3/t16-/m0/s1. The SMILES string of the molecule is COc1ccc(C(O)=C2C(=O)C(=O)N(C)[C@H]2c2ccc(Br)cc2)cc1. The smallest absolute Gasteiger partial charge is 0.295 e. The summed E-state index contributed by atoms with van der Waals surface area (Å²) in [6, 6.07) is 13.3. The highest BCUT2D eigenvalue weighted by Gasteiger charge is 2.44. The third-order valence-electron chi connectivity index (χ3n) is 4.22. The molecule has 0 bridgehead atoms. The second-order valence-electron chi connectivity index (χ2n) is 5.69. The minimum Gasteiger partial charge on any atom is -0.507 e. The quantitative estimate of drug-likeness (QED) is 0.485. The molecule has 1 aliphatic heterocycles. The summed E-state index contributed by atoms with van der Waals surface area (Å²) in [5.74, 6) is -0.887. The number of ether oxygens (including phenoxy) is 1. The van der Waals surface area contributed by atoms with Crippen LogP contribution >= 0.6 is 15.9 Å². The van der Waals surface area contributed by atoms with Gasteiger partial charge >= 0.3 is 0 Å². The van der Waals surface area contributed by atoms with Gasteiger partial charge in [0.15, 0.2) is 0 Å². The van der Waals surface area contributed by atoms with Crippen molar-refractivity contribution in [2.45, 2.75) is 6.04 Å². The number of Topliss-reactive ketones (excluding diaryl/α,β-unsaturated/α-hetero) is 1. The number of amides is 1. The zero-order valence-electron chi connectivity index (χ0n) is 13.7. The maximum absolute atomic E-state index is 12.5. The molecule has 2 aromatic carbocycles. The maximum atomic E-state index is 12.5. The Hall–Kier alpha value is -2.60. The number of nitrogens with zero attached hydrogens (tertiary/aromatic N) is 1. The second kappa shape index (κ2) is 6.72. The molecule has 128 valence electrons. The van der Waals surface area contributed by atoms with E-state index in [4.69, 9.17) is 4.74 Å². The minimum atomic E-state index is -0.691. The molecule has 0 unspecified atom stereocenters. The number of aliphatic hydroxyl groups is 1. The van der Waals surface area contributed by atoms with Crippen LogP contribution in [0.5, 0.6) is 5.75 Å². The largest absolute Gasteiger partial charge is 0.507 e. The fourth-order valence-corrected chi connectivity index (χ4v) is 3.15. The van der Waals surface area contributed by atoms with Gasteiger partial charge in [0, 0.05) is 17.1 Å². The lowest BCUT2D eigenvalue weighted by atomic mass is 9.95.